The first-order valence-electron chi connectivity index (χ1n) is 4.70. The Bertz CT molecular complexity index is 434. The monoisotopic (exact) mass is 243 g/mol. The first-order valence-corrected chi connectivity index (χ1v) is 5.08. The number of halogens is 1. The molecule has 0 aromatic carbocycles. The molecule has 6 nitrogen and oxygen atoms in total. The summed E-state index contributed by atoms with van der Waals surface area (Å²) < 4.78 is 9.11. The van der Waals surface area contributed by atoms with Crippen molar-refractivity contribution >= 4 is 23.6 Å². The van der Waals surface area contributed by atoms with E-state index in [1.807, 2.05) is 0 Å². The van der Waals surface area contributed by atoms with Crippen LogP contribution in [0.4, 0.5) is 10.6 Å². The first kappa shape index (κ1) is 10.9. The Morgan fingerprint density at radius 2 is 2.19 bits per heavy atom. The van der Waals surface area contributed by atoms with Crippen molar-refractivity contribution in [2.75, 3.05) is 12.8 Å². The van der Waals surface area contributed by atoms with Crippen LogP contribution in [-0.4, -0.2) is 23.2 Å². The first-order chi connectivity index (χ1) is 7.61. The summed E-state index contributed by atoms with van der Waals surface area (Å²) in [6, 6.07) is 0. The van der Waals surface area contributed by atoms with Crippen LogP contribution in [0.2, 0.25) is 5.02 Å². The molecule has 0 aliphatic heterocycles. The van der Waals surface area contributed by atoms with E-state index in [1.165, 1.54) is 7.11 Å². The molecule has 0 atom stereocenters. The Hall–Kier alpha value is -1.56. The van der Waals surface area contributed by atoms with E-state index in [1.54, 1.807) is 0 Å². The number of ether oxygens (including phenoxy) is 2. The summed E-state index contributed by atoms with van der Waals surface area (Å²) in [7, 11) is 1.20. The van der Waals surface area contributed by atoms with E-state index >= 15 is 0 Å². The second-order valence-electron chi connectivity index (χ2n) is 3.42. The van der Waals surface area contributed by atoms with E-state index in [4.69, 9.17) is 22.1 Å². The van der Waals surface area contributed by atoms with E-state index in [0.717, 1.165) is 12.8 Å². The van der Waals surface area contributed by atoms with Gasteiger partial charge in [-0.3, -0.25) is 0 Å². The molecule has 0 unspecified atom stereocenters. The van der Waals surface area contributed by atoms with Crippen LogP contribution in [-0.2, 0) is 4.74 Å². The molecule has 2 N–H and O–H groups in total. The van der Waals surface area contributed by atoms with E-state index in [9.17, 15) is 4.79 Å². The average molecular weight is 244 g/mol. The zero-order chi connectivity index (χ0) is 11.7. The van der Waals surface area contributed by atoms with E-state index in [-0.39, 0.29) is 16.7 Å². The standard InChI is InChI=1S/C9H10ClN3O3/c1-15-9(14)16-8-5(10)6(11)12-7(13-8)4-2-3-4/h4H,2-3H2,1H3,(H2,11,12,13). The molecule has 86 valence electrons. The van der Waals surface area contributed by atoms with Gasteiger partial charge >= 0.3 is 6.16 Å². The van der Waals surface area contributed by atoms with Gasteiger partial charge in [0, 0.05) is 5.92 Å². The fraction of sp³-hybridized carbons (Fsp3) is 0.444. The Kier molecular flexibility index (Phi) is 2.82. The minimum atomic E-state index is -0.887. The molecular weight excluding hydrogens is 234 g/mol. The number of methoxy groups -OCH3 is 1. The summed E-state index contributed by atoms with van der Waals surface area (Å²) in [4.78, 5) is 19.0. The highest BCUT2D eigenvalue weighted by atomic mass is 35.5. The third-order valence-electron chi connectivity index (χ3n) is 2.15. The number of nitrogens with two attached hydrogens (primary N) is 1. The molecule has 2 rings (SSSR count). The van der Waals surface area contributed by atoms with Gasteiger partial charge in [0.2, 0.25) is 0 Å². The third kappa shape index (κ3) is 2.16. The molecular formula is C9H10ClN3O3. The normalized spacial score (nSPS) is 14.6. The molecule has 0 bridgehead atoms. The highest BCUT2D eigenvalue weighted by Gasteiger charge is 2.29. The van der Waals surface area contributed by atoms with Crippen LogP contribution in [0.1, 0.15) is 24.6 Å². The van der Waals surface area contributed by atoms with Crippen molar-refractivity contribution in [1.29, 1.82) is 0 Å². The summed E-state index contributed by atoms with van der Waals surface area (Å²) >= 11 is 5.81. The lowest BCUT2D eigenvalue weighted by atomic mass is 10.4. The highest BCUT2D eigenvalue weighted by Crippen LogP contribution is 2.40. The van der Waals surface area contributed by atoms with Crippen molar-refractivity contribution in [2.24, 2.45) is 0 Å². The van der Waals surface area contributed by atoms with Gasteiger partial charge in [0.05, 0.1) is 7.11 Å². The molecule has 7 heteroatoms. The van der Waals surface area contributed by atoms with Crippen molar-refractivity contribution in [3.8, 4) is 5.88 Å². The van der Waals surface area contributed by atoms with E-state index < -0.39 is 6.16 Å². The molecule has 0 saturated heterocycles. The van der Waals surface area contributed by atoms with Gasteiger partial charge in [0.25, 0.3) is 5.88 Å². The molecule has 1 saturated carbocycles. The molecule has 0 radical (unpaired) electrons. The number of anilines is 1. The maximum Gasteiger partial charge on any atom is 0.514 e. The number of nitrogen functional groups attached to an aromatic ring is 1. The van der Waals surface area contributed by atoms with Gasteiger partial charge in [-0.15, -0.1) is 0 Å². The lowest BCUT2D eigenvalue weighted by Gasteiger charge is -2.07. The minimum Gasteiger partial charge on any atom is -0.437 e. The number of aromatic nitrogens is 2. The summed E-state index contributed by atoms with van der Waals surface area (Å²) in [5.41, 5.74) is 5.59. The number of hydrogen-bond donors (Lipinski definition) is 1. The lowest BCUT2D eigenvalue weighted by molar-refractivity contribution is 0.119. The molecule has 1 aromatic heterocycles. The van der Waals surface area contributed by atoms with Crippen molar-refractivity contribution < 1.29 is 14.3 Å². The van der Waals surface area contributed by atoms with Crippen LogP contribution in [0, 0.1) is 0 Å². The number of rotatable bonds is 2. The van der Waals surface area contributed by atoms with Gasteiger partial charge in [0.15, 0.2) is 0 Å². The maximum absolute atomic E-state index is 10.9. The number of hydrogen-bond acceptors (Lipinski definition) is 6. The molecule has 0 spiro atoms. The van der Waals surface area contributed by atoms with E-state index in [2.05, 4.69) is 14.7 Å². The van der Waals surface area contributed by atoms with Crippen molar-refractivity contribution in [3.05, 3.63) is 10.8 Å². The van der Waals surface area contributed by atoms with Crippen LogP contribution in [0.25, 0.3) is 0 Å². The summed E-state index contributed by atoms with van der Waals surface area (Å²) in [6.07, 6.45) is 1.14. The summed E-state index contributed by atoms with van der Waals surface area (Å²) in [5, 5.41) is 0.0230. The Morgan fingerprint density at radius 3 is 2.75 bits per heavy atom. The molecule has 1 heterocycles. The minimum absolute atomic E-state index is 0.0230. The zero-order valence-corrected chi connectivity index (χ0v) is 9.32. The fourth-order valence-electron chi connectivity index (χ4n) is 1.17. The van der Waals surface area contributed by atoms with Crippen LogP contribution in [0.3, 0.4) is 0 Å². The predicted octanol–water partition coefficient (Wildman–Crippen LogP) is 1.73. The molecule has 16 heavy (non-hydrogen) atoms. The number of carbonyl (C=O) groups is 1. The quantitative estimate of drug-likeness (QED) is 0.796. The predicted molar refractivity (Wildman–Crippen MR) is 56.5 cm³/mol. The average Bonchev–Trinajstić information content (AvgIpc) is 3.07. The Labute approximate surface area is 96.7 Å². The van der Waals surface area contributed by atoms with Gasteiger partial charge in [-0.2, -0.15) is 4.98 Å². The third-order valence-corrected chi connectivity index (χ3v) is 2.51. The van der Waals surface area contributed by atoms with E-state index in [0.29, 0.717) is 11.7 Å². The van der Waals surface area contributed by atoms with Crippen LogP contribution in [0.5, 0.6) is 5.88 Å². The molecule has 1 aliphatic carbocycles. The number of nitrogens with zero attached hydrogens (tertiary/aromatic N) is 2. The van der Waals surface area contributed by atoms with Gasteiger partial charge < -0.3 is 15.2 Å². The molecule has 1 aliphatic rings. The SMILES string of the molecule is COC(=O)Oc1nc(C2CC2)nc(N)c1Cl. The zero-order valence-electron chi connectivity index (χ0n) is 8.57. The van der Waals surface area contributed by atoms with Crippen LogP contribution in [0.15, 0.2) is 0 Å². The number of carbonyl (C=O) groups excluding carboxylic acids is 1. The highest BCUT2D eigenvalue weighted by molar-refractivity contribution is 6.34. The molecule has 0 amide bonds. The van der Waals surface area contributed by atoms with Gasteiger partial charge in [-0.25, -0.2) is 9.78 Å². The molecule has 1 fully saturated rings. The topological polar surface area (TPSA) is 87.3 Å². The van der Waals surface area contributed by atoms with Crippen molar-refractivity contribution in [2.45, 2.75) is 18.8 Å². The maximum atomic E-state index is 10.9. The van der Waals surface area contributed by atoms with Crippen molar-refractivity contribution in [3.63, 3.8) is 0 Å². The van der Waals surface area contributed by atoms with Crippen molar-refractivity contribution in [1.82, 2.24) is 9.97 Å². The summed E-state index contributed by atoms with van der Waals surface area (Å²) in [5.74, 6) is 0.903. The van der Waals surface area contributed by atoms with Gasteiger partial charge in [-0.05, 0) is 12.8 Å². The Balaban J connectivity index is 2.30. The second kappa shape index (κ2) is 4.13. The summed E-state index contributed by atoms with van der Waals surface area (Å²) in [6.45, 7) is 0. The smallest absolute Gasteiger partial charge is 0.437 e. The van der Waals surface area contributed by atoms with Crippen LogP contribution >= 0.6 is 11.6 Å². The largest absolute Gasteiger partial charge is 0.514 e. The van der Waals surface area contributed by atoms with Gasteiger partial charge in [0.1, 0.15) is 16.7 Å². The van der Waals surface area contributed by atoms with Crippen LogP contribution < -0.4 is 10.5 Å². The Morgan fingerprint density at radius 1 is 1.50 bits per heavy atom. The lowest BCUT2D eigenvalue weighted by Crippen LogP contribution is -2.11. The second-order valence-corrected chi connectivity index (χ2v) is 3.79. The van der Waals surface area contributed by atoms with Gasteiger partial charge in [-0.1, -0.05) is 11.6 Å². The molecule has 1 aromatic rings. The fourth-order valence-corrected chi connectivity index (χ4v) is 1.30.